The highest BCUT2D eigenvalue weighted by Gasteiger charge is 2.13. The Bertz CT molecular complexity index is 1060. The molecule has 14 heteroatoms. The Labute approximate surface area is 260 Å². The van der Waals surface area contributed by atoms with Gasteiger partial charge in [-0.05, 0) is 17.7 Å². The second-order valence-corrected chi connectivity index (χ2v) is 10.5. The van der Waals surface area contributed by atoms with Crippen molar-refractivity contribution in [2.75, 3.05) is 106 Å². The smallest absolute Gasteiger partial charge is 0.407 e. The first-order valence-corrected chi connectivity index (χ1v) is 15.9. The van der Waals surface area contributed by atoms with Gasteiger partial charge in [0.2, 0.25) is 0 Å². The number of benzene rings is 2. The summed E-state index contributed by atoms with van der Waals surface area (Å²) < 4.78 is 71.8. The molecule has 0 aliphatic rings. The first-order chi connectivity index (χ1) is 21.6. The summed E-state index contributed by atoms with van der Waals surface area (Å²) in [5.41, 5.74) is 0.930. The highest BCUT2D eigenvalue weighted by Crippen LogP contribution is 2.10. The fourth-order valence-electron chi connectivity index (χ4n) is 3.28. The molecule has 0 aliphatic carbocycles. The maximum atomic E-state index is 12.0. The van der Waals surface area contributed by atoms with Crippen LogP contribution < -0.4 is 5.32 Å². The molecule has 1 N–H and O–H groups in total. The number of carbonyl (C=O) groups excluding carboxylic acids is 1. The zero-order chi connectivity index (χ0) is 31.4. The van der Waals surface area contributed by atoms with Gasteiger partial charge in [-0.15, -0.1) is 0 Å². The molecule has 0 radical (unpaired) electrons. The van der Waals surface area contributed by atoms with Crippen LogP contribution in [0, 0.1) is 0 Å². The number of alkyl carbamates (subject to hydrolysis) is 1. The SMILES string of the molecule is O=C(NCCOCCOCCOCCOCCOCCOCCOCCOS(=O)(=O)c1ccccc1)OCc1ccccc1. The molecule has 0 atom stereocenters. The van der Waals surface area contributed by atoms with Crippen LogP contribution in [0.1, 0.15) is 5.56 Å². The van der Waals surface area contributed by atoms with Gasteiger partial charge in [-0.3, -0.25) is 4.18 Å². The van der Waals surface area contributed by atoms with Crippen molar-refractivity contribution in [1.29, 1.82) is 0 Å². The standard InChI is InChI=1S/C30H45NO12S/c32-30(42-27-28-7-3-1-4-8-28)31-11-12-35-13-14-36-15-16-37-17-18-38-19-20-39-21-22-40-23-24-41-25-26-43-44(33,34)29-9-5-2-6-10-29/h1-10H,11-27H2,(H,31,32). The summed E-state index contributed by atoms with van der Waals surface area (Å²) in [6, 6.07) is 17.4. The molecule has 2 aromatic rings. The van der Waals surface area contributed by atoms with Crippen molar-refractivity contribution in [1.82, 2.24) is 5.32 Å². The number of ether oxygens (including phenoxy) is 8. The predicted molar refractivity (Wildman–Crippen MR) is 160 cm³/mol. The van der Waals surface area contributed by atoms with E-state index < -0.39 is 16.2 Å². The van der Waals surface area contributed by atoms with Gasteiger partial charge in [-0.25, -0.2) is 4.79 Å². The second kappa shape index (κ2) is 25.6. The number of carbonyl (C=O) groups is 1. The highest BCUT2D eigenvalue weighted by atomic mass is 32.2. The Hall–Kier alpha value is -2.66. The predicted octanol–water partition coefficient (Wildman–Crippen LogP) is 2.43. The van der Waals surface area contributed by atoms with Gasteiger partial charge in [-0.2, -0.15) is 8.42 Å². The molecule has 0 unspecified atom stereocenters. The van der Waals surface area contributed by atoms with Gasteiger partial charge >= 0.3 is 6.09 Å². The molecule has 0 heterocycles. The molecule has 2 rings (SSSR count). The third-order valence-electron chi connectivity index (χ3n) is 5.46. The van der Waals surface area contributed by atoms with Crippen LogP contribution in [0.25, 0.3) is 0 Å². The molecule has 248 valence electrons. The molecule has 0 saturated carbocycles. The lowest BCUT2D eigenvalue weighted by Gasteiger charge is -2.09. The third-order valence-corrected chi connectivity index (χ3v) is 6.79. The van der Waals surface area contributed by atoms with Crippen molar-refractivity contribution in [2.24, 2.45) is 0 Å². The Morgan fingerprint density at radius 2 is 0.909 bits per heavy atom. The fraction of sp³-hybridized carbons (Fsp3) is 0.567. The number of rotatable bonds is 28. The summed E-state index contributed by atoms with van der Waals surface area (Å²) in [7, 11) is -3.76. The van der Waals surface area contributed by atoms with Gasteiger partial charge in [0.1, 0.15) is 6.61 Å². The van der Waals surface area contributed by atoms with Crippen LogP contribution in [0.4, 0.5) is 4.79 Å². The summed E-state index contributed by atoms with van der Waals surface area (Å²) in [4.78, 5) is 11.7. The summed E-state index contributed by atoms with van der Waals surface area (Å²) >= 11 is 0. The molecule has 0 aromatic heterocycles. The number of hydrogen-bond acceptors (Lipinski definition) is 12. The van der Waals surface area contributed by atoms with Crippen molar-refractivity contribution in [3.05, 3.63) is 66.2 Å². The van der Waals surface area contributed by atoms with Crippen LogP contribution in [0.3, 0.4) is 0 Å². The van der Waals surface area contributed by atoms with Crippen LogP contribution in [0.5, 0.6) is 0 Å². The van der Waals surface area contributed by atoms with E-state index >= 15 is 0 Å². The first-order valence-electron chi connectivity index (χ1n) is 14.5. The van der Waals surface area contributed by atoms with E-state index in [0.29, 0.717) is 92.4 Å². The zero-order valence-corrected chi connectivity index (χ0v) is 25.9. The van der Waals surface area contributed by atoms with Crippen molar-refractivity contribution in [3.63, 3.8) is 0 Å². The maximum Gasteiger partial charge on any atom is 0.407 e. The van der Waals surface area contributed by atoms with E-state index in [9.17, 15) is 13.2 Å². The zero-order valence-electron chi connectivity index (χ0n) is 25.1. The van der Waals surface area contributed by atoms with E-state index in [2.05, 4.69) is 5.32 Å². The van der Waals surface area contributed by atoms with Gasteiger partial charge in [0.05, 0.1) is 104 Å². The minimum atomic E-state index is -3.76. The quantitative estimate of drug-likeness (QED) is 0.107. The van der Waals surface area contributed by atoms with E-state index in [4.69, 9.17) is 42.1 Å². The van der Waals surface area contributed by atoms with E-state index in [1.807, 2.05) is 30.3 Å². The molecule has 0 fully saturated rings. The van der Waals surface area contributed by atoms with E-state index in [1.54, 1.807) is 18.2 Å². The van der Waals surface area contributed by atoms with E-state index in [-0.39, 0.29) is 24.7 Å². The molecule has 0 saturated heterocycles. The molecule has 1 amide bonds. The van der Waals surface area contributed by atoms with Gasteiger partial charge in [0.25, 0.3) is 10.1 Å². The van der Waals surface area contributed by atoms with Crippen LogP contribution in [0.15, 0.2) is 65.6 Å². The van der Waals surface area contributed by atoms with Crippen molar-refractivity contribution < 1.29 is 55.3 Å². The molecule has 0 spiro atoms. The van der Waals surface area contributed by atoms with E-state index in [0.717, 1.165) is 5.56 Å². The monoisotopic (exact) mass is 643 g/mol. The first kappa shape index (κ1) is 37.5. The molecule has 0 bridgehead atoms. The lowest BCUT2D eigenvalue weighted by molar-refractivity contribution is -0.0210. The number of nitrogens with one attached hydrogen (secondary N) is 1. The van der Waals surface area contributed by atoms with Crippen LogP contribution in [-0.2, 0) is 58.8 Å². The average molecular weight is 644 g/mol. The topological polar surface area (TPSA) is 146 Å². The third kappa shape index (κ3) is 20.3. The highest BCUT2D eigenvalue weighted by molar-refractivity contribution is 7.86. The Kier molecular flexibility index (Phi) is 21.9. The second-order valence-electron chi connectivity index (χ2n) is 8.86. The summed E-state index contributed by atoms with van der Waals surface area (Å²) in [5.74, 6) is 0. The van der Waals surface area contributed by atoms with Crippen LogP contribution >= 0.6 is 0 Å². The molecule has 0 aliphatic heterocycles. The van der Waals surface area contributed by atoms with Crippen molar-refractivity contribution >= 4 is 16.2 Å². The van der Waals surface area contributed by atoms with Crippen LogP contribution in [-0.4, -0.2) is 120 Å². The Balaban J connectivity index is 1.21. The van der Waals surface area contributed by atoms with Crippen molar-refractivity contribution in [2.45, 2.75) is 11.5 Å². The average Bonchev–Trinajstić information content (AvgIpc) is 3.04. The number of hydrogen-bond donors (Lipinski definition) is 1. The largest absolute Gasteiger partial charge is 0.445 e. The summed E-state index contributed by atoms with van der Waals surface area (Å²) in [6.45, 7) is 6.13. The van der Waals surface area contributed by atoms with Crippen LogP contribution in [0.2, 0.25) is 0 Å². The minimum Gasteiger partial charge on any atom is -0.445 e. The Morgan fingerprint density at radius 3 is 1.36 bits per heavy atom. The summed E-state index contributed by atoms with van der Waals surface area (Å²) in [5, 5.41) is 2.63. The lowest BCUT2D eigenvalue weighted by Crippen LogP contribution is -2.28. The van der Waals surface area contributed by atoms with Gasteiger partial charge in [0.15, 0.2) is 0 Å². The van der Waals surface area contributed by atoms with E-state index in [1.165, 1.54) is 12.1 Å². The fourth-order valence-corrected chi connectivity index (χ4v) is 4.19. The van der Waals surface area contributed by atoms with Crippen molar-refractivity contribution in [3.8, 4) is 0 Å². The normalized spacial score (nSPS) is 11.5. The Morgan fingerprint density at radius 1 is 0.523 bits per heavy atom. The molecular weight excluding hydrogens is 598 g/mol. The van der Waals surface area contributed by atoms with Gasteiger partial charge in [0, 0.05) is 6.54 Å². The lowest BCUT2D eigenvalue weighted by atomic mass is 10.2. The molecular formula is C30H45NO12S. The molecule has 44 heavy (non-hydrogen) atoms. The maximum absolute atomic E-state index is 12.0. The molecule has 2 aromatic carbocycles. The minimum absolute atomic E-state index is 0.0632. The van der Waals surface area contributed by atoms with Gasteiger partial charge in [-0.1, -0.05) is 48.5 Å². The molecule has 13 nitrogen and oxygen atoms in total. The number of amides is 1. The summed E-state index contributed by atoms with van der Waals surface area (Å²) in [6.07, 6.45) is -0.478. The van der Waals surface area contributed by atoms with Gasteiger partial charge < -0.3 is 43.2 Å².